The van der Waals surface area contributed by atoms with Crippen LogP contribution in [0.4, 0.5) is 0 Å². The van der Waals surface area contributed by atoms with Crippen molar-refractivity contribution in [3.8, 4) is 0 Å². The second-order valence-electron chi connectivity index (χ2n) is 6.02. The minimum atomic E-state index is -0.00323. The van der Waals surface area contributed by atoms with Crippen LogP contribution in [0.1, 0.15) is 48.5 Å². The average Bonchev–Trinajstić information content (AvgIpc) is 2.14. The molecule has 0 bridgehead atoms. The number of carbonyl (C=O) groups is 1. The Morgan fingerprint density at radius 2 is 1.29 bits per heavy atom. The van der Waals surface area contributed by atoms with Crippen LogP contribution in [0.5, 0.6) is 0 Å². The molecule has 1 unspecified atom stereocenters. The van der Waals surface area contributed by atoms with Gasteiger partial charge in [0.15, 0.2) is 5.78 Å². The molecule has 2 heteroatoms. The van der Waals surface area contributed by atoms with E-state index in [1.165, 1.54) is 6.08 Å². The Labute approximate surface area is 106 Å². The van der Waals surface area contributed by atoms with Crippen LogP contribution in [0.3, 0.4) is 0 Å². The monoisotopic (exact) mass is 240 g/mol. The lowest BCUT2D eigenvalue weighted by atomic mass is 9.81. The lowest BCUT2D eigenvalue weighted by molar-refractivity contribution is -0.121. The number of aliphatic hydroxyl groups excluding tert-OH is 1. The summed E-state index contributed by atoms with van der Waals surface area (Å²) >= 11 is 0. The maximum Gasteiger partial charge on any atom is 0.162 e. The number of ketones is 1. The topological polar surface area (TPSA) is 37.3 Å². The number of allylic oxidation sites excluding steroid dienone is 2. The highest BCUT2D eigenvalue weighted by Crippen LogP contribution is 2.24. The first kappa shape index (κ1) is 16.2. The van der Waals surface area contributed by atoms with Gasteiger partial charge in [0.1, 0.15) is 0 Å². The molecule has 0 aromatic carbocycles. The maximum atomic E-state index is 12.1. The van der Waals surface area contributed by atoms with E-state index in [0.29, 0.717) is 17.8 Å². The zero-order valence-corrected chi connectivity index (χ0v) is 12.3. The Morgan fingerprint density at radius 3 is 1.59 bits per heavy atom. The molecular weight excluding hydrogens is 212 g/mol. The molecule has 0 aliphatic carbocycles. The number of carbonyl (C=O) groups excluding carboxylic acids is 1. The Hall–Kier alpha value is -0.790. The fourth-order valence-electron chi connectivity index (χ4n) is 2.14. The number of rotatable bonds is 6. The van der Waals surface area contributed by atoms with Crippen LogP contribution >= 0.6 is 0 Å². The first-order valence-corrected chi connectivity index (χ1v) is 6.62. The Balaban J connectivity index is 4.87. The van der Waals surface area contributed by atoms with E-state index in [0.717, 1.165) is 0 Å². The van der Waals surface area contributed by atoms with Crippen molar-refractivity contribution >= 4 is 5.78 Å². The molecule has 0 heterocycles. The van der Waals surface area contributed by atoms with Gasteiger partial charge >= 0.3 is 0 Å². The summed E-state index contributed by atoms with van der Waals surface area (Å²) in [7, 11) is 0. The van der Waals surface area contributed by atoms with Crippen LogP contribution in [0.25, 0.3) is 0 Å². The molecular formula is C15H28O2. The van der Waals surface area contributed by atoms with Crippen LogP contribution in [0.2, 0.25) is 0 Å². The van der Waals surface area contributed by atoms with Crippen molar-refractivity contribution in [1.29, 1.82) is 0 Å². The van der Waals surface area contributed by atoms with Gasteiger partial charge in [0.2, 0.25) is 0 Å². The van der Waals surface area contributed by atoms with Crippen molar-refractivity contribution in [2.75, 3.05) is 0 Å². The predicted octanol–water partition coefficient (Wildman–Crippen LogP) is 4.22. The van der Waals surface area contributed by atoms with Crippen LogP contribution in [-0.2, 0) is 4.79 Å². The van der Waals surface area contributed by atoms with Crippen molar-refractivity contribution < 1.29 is 9.90 Å². The molecule has 0 rings (SSSR count). The molecule has 100 valence electrons. The smallest absolute Gasteiger partial charge is 0.162 e. The highest BCUT2D eigenvalue weighted by atomic mass is 16.3. The van der Waals surface area contributed by atoms with E-state index in [4.69, 9.17) is 0 Å². The van der Waals surface area contributed by atoms with Gasteiger partial charge in [-0.1, -0.05) is 48.5 Å². The third-order valence-corrected chi connectivity index (χ3v) is 3.52. The molecule has 0 spiro atoms. The van der Waals surface area contributed by atoms with Crippen molar-refractivity contribution in [3.05, 3.63) is 11.8 Å². The molecule has 0 amide bonds. The Bertz CT molecular complexity index is 267. The van der Waals surface area contributed by atoms with Crippen LogP contribution in [0, 0.1) is 29.6 Å². The standard InChI is InChI=1S/C15H28O2/c1-9(2)12(7)13(16)8-14(17)15(10(3)4)11(5)6/h8-12,15-16H,1-7H3/b13-8-. The zero-order valence-electron chi connectivity index (χ0n) is 12.3. The van der Waals surface area contributed by atoms with E-state index in [9.17, 15) is 9.90 Å². The van der Waals surface area contributed by atoms with Crippen molar-refractivity contribution in [2.45, 2.75) is 48.5 Å². The van der Waals surface area contributed by atoms with Gasteiger partial charge in [-0.3, -0.25) is 4.79 Å². The van der Waals surface area contributed by atoms with E-state index in [1.807, 2.05) is 20.8 Å². The summed E-state index contributed by atoms with van der Waals surface area (Å²) in [6, 6.07) is 0. The molecule has 1 N–H and O–H groups in total. The largest absolute Gasteiger partial charge is 0.512 e. The van der Waals surface area contributed by atoms with Crippen LogP contribution < -0.4 is 0 Å². The van der Waals surface area contributed by atoms with Gasteiger partial charge in [0.05, 0.1) is 5.76 Å². The summed E-state index contributed by atoms with van der Waals surface area (Å²) in [5.74, 6) is 1.27. The number of hydrogen-bond donors (Lipinski definition) is 1. The van der Waals surface area contributed by atoms with Gasteiger partial charge in [-0.2, -0.15) is 0 Å². The third-order valence-electron chi connectivity index (χ3n) is 3.52. The molecule has 0 aromatic heterocycles. The van der Waals surface area contributed by atoms with Gasteiger partial charge in [-0.05, 0) is 17.8 Å². The molecule has 0 aliphatic rings. The summed E-state index contributed by atoms with van der Waals surface area (Å²) in [4.78, 5) is 12.1. The fourth-order valence-corrected chi connectivity index (χ4v) is 2.14. The lowest BCUT2D eigenvalue weighted by Crippen LogP contribution is -2.25. The molecule has 1 atom stereocenters. The third kappa shape index (κ3) is 4.93. The van der Waals surface area contributed by atoms with Crippen molar-refractivity contribution in [3.63, 3.8) is 0 Å². The summed E-state index contributed by atoms with van der Waals surface area (Å²) in [5.41, 5.74) is 0. The van der Waals surface area contributed by atoms with Crippen LogP contribution in [0.15, 0.2) is 11.8 Å². The Morgan fingerprint density at radius 1 is 0.882 bits per heavy atom. The van der Waals surface area contributed by atoms with E-state index < -0.39 is 0 Å². The van der Waals surface area contributed by atoms with E-state index >= 15 is 0 Å². The normalized spacial score (nSPS) is 15.1. The minimum Gasteiger partial charge on any atom is -0.512 e. The van der Waals surface area contributed by atoms with Gasteiger partial charge in [0, 0.05) is 17.9 Å². The molecule has 17 heavy (non-hydrogen) atoms. The second-order valence-corrected chi connectivity index (χ2v) is 6.02. The molecule has 0 radical (unpaired) electrons. The SMILES string of the molecule is CC(C)C(C)/C(O)=C/C(=O)C(C(C)C)C(C)C. The van der Waals surface area contributed by atoms with Gasteiger partial charge in [0.25, 0.3) is 0 Å². The molecule has 0 aromatic rings. The van der Waals surface area contributed by atoms with Crippen molar-refractivity contribution in [2.24, 2.45) is 29.6 Å². The van der Waals surface area contributed by atoms with Gasteiger partial charge in [-0.25, -0.2) is 0 Å². The van der Waals surface area contributed by atoms with E-state index in [1.54, 1.807) is 0 Å². The molecule has 0 aliphatic heterocycles. The Kier molecular flexibility index (Phi) is 6.51. The van der Waals surface area contributed by atoms with Crippen LogP contribution in [-0.4, -0.2) is 10.9 Å². The predicted molar refractivity (Wildman–Crippen MR) is 72.9 cm³/mol. The number of aliphatic hydroxyl groups is 1. The highest BCUT2D eigenvalue weighted by Gasteiger charge is 2.25. The zero-order chi connectivity index (χ0) is 13.7. The maximum absolute atomic E-state index is 12.1. The summed E-state index contributed by atoms with van der Waals surface area (Å²) in [6.07, 6.45) is 1.44. The van der Waals surface area contributed by atoms with E-state index in [2.05, 4.69) is 27.7 Å². The summed E-state index contributed by atoms with van der Waals surface area (Å²) in [6.45, 7) is 14.3. The quantitative estimate of drug-likeness (QED) is 0.557. The lowest BCUT2D eigenvalue weighted by Gasteiger charge is -2.22. The first-order chi connectivity index (χ1) is 7.68. The first-order valence-electron chi connectivity index (χ1n) is 6.62. The minimum absolute atomic E-state index is 0.00323. The van der Waals surface area contributed by atoms with E-state index in [-0.39, 0.29) is 23.4 Å². The molecule has 0 fully saturated rings. The molecule has 0 saturated heterocycles. The fraction of sp³-hybridized carbons (Fsp3) is 0.800. The van der Waals surface area contributed by atoms with Gasteiger partial charge < -0.3 is 5.11 Å². The van der Waals surface area contributed by atoms with Crippen molar-refractivity contribution in [1.82, 2.24) is 0 Å². The summed E-state index contributed by atoms with van der Waals surface area (Å²) < 4.78 is 0. The molecule has 2 nitrogen and oxygen atoms in total. The highest BCUT2D eigenvalue weighted by molar-refractivity contribution is 5.92. The summed E-state index contributed by atoms with van der Waals surface area (Å²) in [5, 5.41) is 9.91. The average molecular weight is 240 g/mol. The number of hydrogen-bond acceptors (Lipinski definition) is 2. The molecule has 0 saturated carbocycles. The second kappa shape index (κ2) is 6.83. The van der Waals surface area contributed by atoms with Gasteiger partial charge in [-0.15, -0.1) is 0 Å².